The number of fused-ring (bicyclic) bond motifs is 1. The molecule has 0 saturated carbocycles. The summed E-state index contributed by atoms with van der Waals surface area (Å²) in [5.41, 5.74) is 0. The van der Waals surface area contributed by atoms with Crippen LogP contribution in [0.25, 0.3) is 0 Å². The molecule has 0 aromatic carbocycles. The van der Waals surface area contributed by atoms with Crippen LogP contribution in [0.2, 0.25) is 0 Å². The third-order valence-corrected chi connectivity index (χ3v) is 2.42. The summed E-state index contributed by atoms with van der Waals surface area (Å²) in [6.45, 7) is 2.18. The van der Waals surface area contributed by atoms with Gasteiger partial charge in [-0.2, -0.15) is 0 Å². The fourth-order valence-electron chi connectivity index (χ4n) is 1.86. The van der Waals surface area contributed by atoms with Crippen LogP contribution in [-0.4, -0.2) is 48.6 Å². The molecule has 1 amide bonds. The van der Waals surface area contributed by atoms with Crippen LogP contribution in [-0.2, 0) is 14.3 Å². The van der Waals surface area contributed by atoms with Crippen molar-refractivity contribution in [1.82, 2.24) is 5.32 Å². The minimum Gasteiger partial charge on any atom is -0.388 e. The molecule has 2 rings (SSSR count). The lowest BCUT2D eigenvalue weighted by atomic mass is 10.1. The van der Waals surface area contributed by atoms with Gasteiger partial charge in [0, 0.05) is 6.92 Å². The molecular weight excluding hydrogens is 174 g/mol. The Morgan fingerprint density at radius 2 is 2.08 bits per heavy atom. The van der Waals surface area contributed by atoms with Gasteiger partial charge in [-0.1, -0.05) is 0 Å². The number of aliphatic hydroxyl groups excluding tert-OH is 1. The van der Waals surface area contributed by atoms with Crippen LogP contribution in [0.5, 0.6) is 0 Å². The zero-order valence-corrected chi connectivity index (χ0v) is 7.40. The minimum absolute atomic E-state index is 0.0979. The Morgan fingerprint density at radius 1 is 1.38 bits per heavy atom. The van der Waals surface area contributed by atoms with Gasteiger partial charge in [-0.25, -0.2) is 0 Å². The minimum atomic E-state index is -0.552. The van der Waals surface area contributed by atoms with E-state index < -0.39 is 6.10 Å². The summed E-state index contributed by atoms with van der Waals surface area (Å²) >= 11 is 0. The molecule has 1 unspecified atom stereocenters. The molecule has 2 N–H and O–H groups in total. The van der Waals surface area contributed by atoms with Crippen LogP contribution in [0.1, 0.15) is 6.92 Å². The van der Waals surface area contributed by atoms with Gasteiger partial charge in [0.15, 0.2) is 0 Å². The van der Waals surface area contributed by atoms with Crippen molar-refractivity contribution < 1.29 is 19.4 Å². The molecular formula is C8H13NO4. The van der Waals surface area contributed by atoms with Gasteiger partial charge in [0.05, 0.1) is 19.3 Å². The first-order valence-corrected chi connectivity index (χ1v) is 4.37. The predicted molar refractivity (Wildman–Crippen MR) is 43.1 cm³/mol. The predicted octanol–water partition coefficient (Wildman–Crippen LogP) is -1.35. The van der Waals surface area contributed by atoms with Crippen molar-refractivity contribution in [3.05, 3.63) is 0 Å². The third-order valence-electron chi connectivity index (χ3n) is 2.42. The van der Waals surface area contributed by atoms with Crippen molar-refractivity contribution in [1.29, 1.82) is 0 Å². The maximum absolute atomic E-state index is 10.8. The number of nitrogens with one attached hydrogen (secondary N) is 1. The van der Waals surface area contributed by atoms with Gasteiger partial charge in [0.2, 0.25) is 5.91 Å². The first kappa shape index (κ1) is 8.93. The van der Waals surface area contributed by atoms with E-state index in [1.807, 2.05) is 0 Å². The van der Waals surface area contributed by atoms with Crippen molar-refractivity contribution in [3.8, 4) is 0 Å². The van der Waals surface area contributed by atoms with Crippen molar-refractivity contribution in [2.75, 3.05) is 13.2 Å². The molecule has 5 heteroatoms. The normalized spacial score (nSPS) is 43.2. The van der Waals surface area contributed by atoms with Crippen molar-refractivity contribution >= 4 is 5.91 Å². The van der Waals surface area contributed by atoms with E-state index in [0.29, 0.717) is 13.2 Å². The molecule has 4 atom stereocenters. The van der Waals surface area contributed by atoms with E-state index in [1.165, 1.54) is 6.92 Å². The molecule has 0 aromatic heterocycles. The second kappa shape index (κ2) is 3.25. The van der Waals surface area contributed by atoms with Crippen molar-refractivity contribution in [2.45, 2.75) is 31.3 Å². The third kappa shape index (κ3) is 1.54. The van der Waals surface area contributed by atoms with E-state index in [1.54, 1.807) is 0 Å². The van der Waals surface area contributed by atoms with Crippen LogP contribution < -0.4 is 5.32 Å². The lowest BCUT2D eigenvalue weighted by Crippen LogP contribution is -2.43. The Morgan fingerprint density at radius 3 is 2.77 bits per heavy atom. The SMILES string of the molecule is CC(=O)N[C@@H]1CO[C@H]2C1OC[C@H]2O. The highest BCUT2D eigenvalue weighted by molar-refractivity contribution is 5.73. The zero-order chi connectivity index (χ0) is 9.42. The van der Waals surface area contributed by atoms with E-state index in [0.717, 1.165) is 0 Å². The molecule has 2 aliphatic heterocycles. The Hall–Kier alpha value is -0.650. The Balaban J connectivity index is 1.98. The largest absolute Gasteiger partial charge is 0.388 e. The van der Waals surface area contributed by atoms with Gasteiger partial charge in [-0.05, 0) is 0 Å². The average molecular weight is 187 g/mol. The number of amides is 1. The molecule has 2 fully saturated rings. The molecule has 2 saturated heterocycles. The monoisotopic (exact) mass is 187 g/mol. The average Bonchev–Trinajstić information content (AvgIpc) is 2.56. The van der Waals surface area contributed by atoms with E-state index in [4.69, 9.17) is 9.47 Å². The van der Waals surface area contributed by atoms with Gasteiger partial charge in [-0.15, -0.1) is 0 Å². The van der Waals surface area contributed by atoms with Gasteiger partial charge >= 0.3 is 0 Å². The number of hydrogen-bond donors (Lipinski definition) is 2. The number of ether oxygens (including phenoxy) is 2. The highest BCUT2D eigenvalue weighted by Crippen LogP contribution is 2.26. The first-order chi connectivity index (χ1) is 6.18. The van der Waals surface area contributed by atoms with E-state index >= 15 is 0 Å². The van der Waals surface area contributed by atoms with Crippen LogP contribution in [0, 0.1) is 0 Å². The summed E-state index contributed by atoms with van der Waals surface area (Å²) in [5, 5.41) is 12.1. The lowest BCUT2D eigenvalue weighted by molar-refractivity contribution is -0.120. The number of carbonyl (C=O) groups excluding carboxylic acids is 1. The first-order valence-electron chi connectivity index (χ1n) is 4.37. The van der Waals surface area contributed by atoms with Crippen LogP contribution in [0.3, 0.4) is 0 Å². The molecule has 2 aliphatic rings. The molecule has 0 spiro atoms. The molecule has 0 aromatic rings. The van der Waals surface area contributed by atoms with Crippen molar-refractivity contribution in [2.24, 2.45) is 0 Å². The standard InChI is InChI=1S/C8H13NO4/c1-4(10)9-5-2-12-8-6(11)3-13-7(5)8/h5-8,11H,2-3H2,1H3,(H,9,10)/t5-,6-,7?,8-/m1/s1. The molecule has 13 heavy (non-hydrogen) atoms. The Labute approximate surface area is 76.0 Å². The molecule has 74 valence electrons. The topological polar surface area (TPSA) is 67.8 Å². The molecule has 2 heterocycles. The van der Waals surface area contributed by atoms with E-state index in [-0.39, 0.29) is 24.2 Å². The Kier molecular flexibility index (Phi) is 2.23. The number of hydrogen-bond acceptors (Lipinski definition) is 4. The fraction of sp³-hybridized carbons (Fsp3) is 0.875. The van der Waals surface area contributed by atoms with Gasteiger partial charge in [-0.3, -0.25) is 4.79 Å². The summed E-state index contributed by atoms with van der Waals surface area (Å²) in [4.78, 5) is 10.8. The number of aliphatic hydroxyl groups is 1. The van der Waals surface area contributed by atoms with Crippen LogP contribution in [0.4, 0.5) is 0 Å². The summed E-state index contributed by atoms with van der Waals surface area (Å²) in [6.07, 6.45) is -1.00. The molecule has 0 aliphatic carbocycles. The second-order valence-corrected chi connectivity index (χ2v) is 3.47. The summed E-state index contributed by atoms with van der Waals surface area (Å²) < 4.78 is 10.6. The fourth-order valence-corrected chi connectivity index (χ4v) is 1.86. The van der Waals surface area contributed by atoms with Gasteiger partial charge in [0.25, 0.3) is 0 Å². The highest BCUT2D eigenvalue weighted by Gasteiger charge is 2.47. The van der Waals surface area contributed by atoms with Crippen molar-refractivity contribution in [3.63, 3.8) is 0 Å². The maximum atomic E-state index is 10.8. The van der Waals surface area contributed by atoms with Crippen LogP contribution >= 0.6 is 0 Å². The number of carbonyl (C=O) groups is 1. The van der Waals surface area contributed by atoms with E-state index in [9.17, 15) is 9.90 Å². The number of rotatable bonds is 1. The quantitative estimate of drug-likeness (QED) is 0.532. The second-order valence-electron chi connectivity index (χ2n) is 3.47. The summed E-state index contributed by atoms with van der Waals surface area (Å²) in [5.74, 6) is -0.0979. The maximum Gasteiger partial charge on any atom is 0.217 e. The molecule has 5 nitrogen and oxygen atoms in total. The van der Waals surface area contributed by atoms with Gasteiger partial charge in [0.1, 0.15) is 18.3 Å². The smallest absolute Gasteiger partial charge is 0.217 e. The summed E-state index contributed by atoms with van der Waals surface area (Å²) in [6, 6.07) is -0.111. The molecule has 0 bridgehead atoms. The van der Waals surface area contributed by atoms with Gasteiger partial charge < -0.3 is 19.9 Å². The zero-order valence-electron chi connectivity index (χ0n) is 7.40. The highest BCUT2D eigenvalue weighted by atomic mass is 16.6. The van der Waals surface area contributed by atoms with E-state index in [2.05, 4.69) is 5.32 Å². The lowest BCUT2D eigenvalue weighted by Gasteiger charge is -2.15. The summed E-state index contributed by atoms with van der Waals surface area (Å²) in [7, 11) is 0. The Bertz CT molecular complexity index is 220. The van der Waals surface area contributed by atoms with Crippen LogP contribution in [0.15, 0.2) is 0 Å². The molecule has 0 radical (unpaired) electrons.